The fourth-order valence-corrected chi connectivity index (χ4v) is 2.26. The van der Waals surface area contributed by atoms with Crippen LogP contribution in [0.3, 0.4) is 0 Å². The van der Waals surface area contributed by atoms with Crippen molar-refractivity contribution in [1.29, 1.82) is 0 Å². The zero-order valence-electron chi connectivity index (χ0n) is 4.49. The van der Waals surface area contributed by atoms with Crippen LogP contribution in [0.2, 0.25) is 0 Å². The van der Waals surface area contributed by atoms with Crippen LogP contribution in [0.15, 0.2) is 0 Å². The standard InChI is InChI=1S/C3H7O3PSe/c1-4-7(8)5-2-3-6-7/h2-3H2,1H3. The summed E-state index contributed by atoms with van der Waals surface area (Å²) in [6, 6.07) is 0. The molecule has 5 heteroatoms. The topological polar surface area (TPSA) is 27.7 Å². The van der Waals surface area contributed by atoms with E-state index in [1.54, 1.807) is 7.11 Å². The molecule has 0 amide bonds. The Kier molecular flexibility index (Phi) is 2.26. The predicted molar refractivity (Wildman–Crippen MR) is 31.6 cm³/mol. The molecule has 0 aromatic carbocycles. The van der Waals surface area contributed by atoms with Crippen LogP contribution in [-0.4, -0.2) is 35.4 Å². The summed E-state index contributed by atoms with van der Waals surface area (Å²) in [4.78, 5) is 0. The van der Waals surface area contributed by atoms with Gasteiger partial charge in [0.1, 0.15) is 0 Å². The van der Waals surface area contributed by atoms with Crippen LogP contribution in [0.25, 0.3) is 0 Å². The van der Waals surface area contributed by atoms with E-state index < -0.39 is 6.19 Å². The van der Waals surface area contributed by atoms with Gasteiger partial charge in [-0.25, -0.2) is 0 Å². The average Bonchev–Trinajstić information content (AvgIpc) is 2.17. The molecular weight excluding hydrogens is 194 g/mol. The van der Waals surface area contributed by atoms with Gasteiger partial charge in [-0.05, 0) is 0 Å². The molecule has 8 heavy (non-hydrogen) atoms. The Balaban J connectivity index is 2.53. The third-order valence-corrected chi connectivity index (χ3v) is 4.52. The van der Waals surface area contributed by atoms with Crippen LogP contribution in [0, 0.1) is 0 Å². The SMILES string of the molecule is COP1(=[Se])OCCO1. The number of rotatable bonds is 1. The Morgan fingerprint density at radius 3 is 2.25 bits per heavy atom. The van der Waals surface area contributed by atoms with E-state index >= 15 is 0 Å². The summed E-state index contributed by atoms with van der Waals surface area (Å²) >= 11 is 2.75. The van der Waals surface area contributed by atoms with Crippen LogP contribution in [0.1, 0.15) is 0 Å². The summed E-state index contributed by atoms with van der Waals surface area (Å²) in [5, 5.41) is 0. The third-order valence-electron chi connectivity index (χ3n) is 0.806. The monoisotopic (exact) mass is 202 g/mol. The molecule has 0 radical (unpaired) electrons. The molecule has 0 aromatic rings. The molecule has 0 N–H and O–H groups in total. The fourth-order valence-electron chi connectivity index (χ4n) is 0.441. The second kappa shape index (κ2) is 2.61. The fraction of sp³-hybridized carbons (Fsp3) is 1.00. The van der Waals surface area contributed by atoms with E-state index in [0.717, 1.165) is 0 Å². The van der Waals surface area contributed by atoms with Crippen LogP contribution >= 0.6 is 6.19 Å². The normalized spacial score (nSPS) is 26.1. The zero-order chi connectivity index (χ0) is 6.04. The van der Waals surface area contributed by atoms with Crippen molar-refractivity contribution in [1.82, 2.24) is 0 Å². The molecule has 48 valence electrons. The van der Waals surface area contributed by atoms with Gasteiger partial charge in [0.15, 0.2) is 0 Å². The van der Waals surface area contributed by atoms with Crippen LogP contribution in [0.4, 0.5) is 0 Å². The maximum atomic E-state index is 5.10. The Morgan fingerprint density at radius 2 is 2.00 bits per heavy atom. The molecule has 1 fully saturated rings. The molecular formula is C3H7O3PSe. The molecule has 0 atom stereocenters. The zero-order valence-corrected chi connectivity index (χ0v) is 7.10. The molecule has 1 aliphatic rings. The number of hydrogen-bond donors (Lipinski definition) is 0. The van der Waals surface area contributed by atoms with E-state index in [0.29, 0.717) is 13.2 Å². The first-order valence-electron chi connectivity index (χ1n) is 2.22. The molecule has 1 aliphatic heterocycles. The molecule has 0 aromatic heterocycles. The maximum absolute atomic E-state index is 5.10. The first kappa shape index (κ1) is 6.94. The summed E-state index contributed by atoms with van der Waals surface area (Å²) in [6.07, 6.45) is -1.93. The van der Waals surface area contributed by atoms with Crippen molar-refractivity contribution in [3.8, 4) is 0 Å². The van der Waals surface area contributed by atoms with E-state index in [4.69, 9.17) is 13.6 Å². The summed E-state index contributed by atoms with van der Waals surface area (Å²) in [7, 11) is 1.58. The van der Waals surface area contributed by atoms with E-state index in [1.165, 1.54) is 0 Å². The Bertz CT molecular complexity index is 116. The minimum absolute atomic E-state index is 0.647. The van der Waals surface area contributed by atoms with Crippen LogP contribution in [0.5, 0.6) is 0 Å². The van der Waals surface area contributed by atoms with Gasteiger partial charge in [-0.2, -0.15) is 0 Å². The second-order valence-corrected chi connectivity index (χ2v) is 5.89. The Labute approximate surface area is 55.8 Å². The summed E-state index contributed by atoms with van der Waals surface area (Å²) in [5.41, 5.74) is 0. The van der Waals surface area contributed by atoms with Gasteiger partial charge in [0.05, 0.1) is 0 Å². The minimum atomic E-state index is -1.93. The molecule has 1 saturated heterocycles. The summed E-state index contributed by atoms with van der Waals surface area (Å²) in [6.45, 7) is 1.29. The third kappa shape index (κ3) is 1.41. The van der Waals surface area contributed by atoms with Crippen LogP contribution in [-0.2, 0) is 13.6 Å². The van der Waals surface area contributed by atoms with Gasteiger partial charge in [0, 0.05) is 0 Å². The predicted octanol–water partition coefficient (Wildman–Crippen LogP) is 0.526. The van der Waals surface area contributed by atoms with Crippen molar-refractivity contribution in [2.75, 3.05) is 20.3 Å². The van der Waals surface area contributed by atoms with E-state index in [-0.39, 0.29) is 0 Å². The van der Waals surface area contributed by atoms with Gasteiger partial charge in [-0.1, -0.05) is 0 Å². The second-order valence-electron chi connectivity index (χ2n) is 1.30. The molecule has 0 spiro atoms. The quantitative estimate of drug-likeness (QED) is 0.457. The van der Waals surface area contributed by atoms with Crippen LogP contribution < -0.4 is 0 Å². The molecule has 0 aliphatic carbocycles. The molecule has 0 saturated carbocycles. The van der Waals surface area contributed by atoms with Crippen molar-refractivity contribution in [2.45, 2.75) is 0 Å². The van der Waals surface area contributed by atoms with Crippen molar-refractivity contribution in [2.24, 2.45) is 0 Å². The summed E-state index contributed by atoms with van der Waals surface area (Å²) in [5.74, 6) is 0. The molecule has 0 unspecified atom stereocenters. The van der Waals surface area contributed by atoms with Gasteiger partial charge in [0.2, 0.25) is 0 Å². The van der Waals surface area contributed by atoms with Gasteiger partial charge >= 0.3 is 55.2 Å². The van der Waals surface area contributed by atoms with Crippen molar-refractivity contribution in [3.63, 3.8) is 0 Å². The van der Waals surface area contributed by atoms with E-state index in [9.17, 15) is 0 Å². The van der Waals surface area contributed by atoms with E-state index in [1.807, 2.05) is 0 Å². The Hall–Kier alpha value is 0.829. The van der Waals surface area contributed by atoms with Crippen molar-refractivity contribution >= 4 is 21.3 Å². The number of hydrogen-bond acceptors (Lipinski definition) is 3. The molecule has 1 heterocycles. The van der Waals surface area contributed by atoms with Gasteiger partial charge < -0.3 is 0 Å². The van der Waals surface area contributed by atoms with Crippen molar-refractivity contribution < 1.29 is 13.6 Å². The average molecular weight is 201 g/mol. The van der Waals surface area contributed by atoms with E-state index in [2.05, 4.69) is 15.1 Å². The molecule has 1 rings (SSSR count). The Morgan fingerprint density at radius 1 is 1.50 bits per heavy atom. The van der Waals surface area contributed by atoms with Gasteiger partial charge in [0.25, 0.3) is 0 Å². The first-order valence-corrected chi connectivity index (χ1v) is 5.97. The van der Waals surface area contributed by atoms with Gasteiger partial charge in [-0.3, -0.25) is 0 Å². The van der Waals surface area contributed by atoms with Crippen molar-refractivity contribution in [3.05, 3.63) is 0 Å². The summed E-state index contributed by atoms with van der Waals surface area (Å²) < 4.78 is 15.1. The first-order chi connectivity index (χ1) is 3.77. The molecule has 3 nitrogen and oxygen atoms in total. The van der Waals surface area contributed by atoms with Gasteiger partial charge in [-0.15, -0.1) is 0 Å². The molecule has 0 bridgehead atoms.